The summed E-state index contributed by atoms with van der Waals surface area (Å²) in [5, 5.41) is 8.87. The maximum absolute atomic E-state index is 10.5. The van der Waals surface area contributed by atoms with Gasteiger partial charge in [-0.2, -0.15) is 0 Å². The highest BCUT2D eigenvalue weighted by Crippen LogP contribution is 2.11. The van der Waals surface area contributed by atoms with Gasteiger partial charge in [-0.05, 0) is 18.6 Å². The summed E-state index contributed by atoms with van der Waals surface area (Å²) in [6, 6.07) is 2.86. The van der Waals surface area contributed by atoms with Crippen LogP contribution in [0.4, 0.5) is 0 Å². The quantitative estimate of drug-likeness (QED) is 0.717. The van der Waals surface area contributed by atoms with E-state index in [-0.39, 0.29) is 10.7 Å². The Morgan fingerprint density at radius 3 is 2.83 bits per heavy atom. The molecule has 0 aromatic carbocycles. The van der Waals surface area contributed by atoms with Crippen LogP contribution in [0.15, 0.2) is 12.1 Å². The average molecular weight is 186 g/mol. The molecule has 0 fully saturated rings. The molecule has 0 radical (unpaired) electrons. The van der Waals surface area contributed by atoms with Crippen LogP contribution in [0.1, 0.15) is 23.0 Å². The molecule has 1 aromatic heterocycles. The first kappa shape index (κ1) is 9.00. The Balaban J connectivity index is 3.15. The van der Waals surface area contributed by atoms with E-state index in [1.165, 1.54) is 12.1 Å². The summed E-state index contributed by atoms with van der Waals surface area (Å²) in [6.07, 6.45) is 0.681. The number of aromatic carboxylic acids is 1. The third-order valence-electron chi connectivity index (χ3n) is 1.46. The molecule has 0 atom stereocenters. The fraction of sp³-hybridized carbons (Fsp3) is 0.250. The van der Waals surface area contributed by atoms with Gasteiger partial charge in [0.2, 0.25) is 0 Å². The molecule has 0 aliphatic rings. The number of pyridine rings is 1. The predicted octanol–water partition coefficient (Wildman–Crippen LogP) is 2.00. The normalized spacial score (nSPS) is 9.83. The van der Waals surface area contributed by atoms with E-state index in [0.717, 1.165) is 0 Å². The summed E-state index contributed by atoms with van der Waals surface area (Å²) >= 11 is 5.60. The Morgan fingerprint density at radius 1 is 1.67 bits per heavy atom. The zero-order valence-electron chi connectivity index (χ0n) is 6.54. The molecule has 0 bridgehead atoms. The highest BCUT2D eigenvalue weighted by atomic mass is 35.5. The number of carbonyl (C=O) groups is 1. The summed E-state index contributed by atoms with van der Waals surface area (Å²) in [7, 11) is 0. The van der Waals surface area contributed by atoms with E-state index in [4.69, 9.17) is 16.7 Å². The molecule has 0 unspecified atom stereocenters. The molecule has 0 saturated heterocycles. The Morgan fingerprint density at radius 2 is 2.33 bits per heavy atom. The number of hydrogen-bond acceptors (Lipinski definition) is 2. The van der Waals surface area contributed by atoms with Crippen LogP contribution in [-0.2, 0) is 6.42 Å². The SMILES string of the molecule is CCc1cc(C(=O)O)cc(Cl)n1. The summed E-state index contributed by atoms with van der Waals surface area (Å²) < 4.78 is 0. The lowest BCUT2D eigenvalue weighted by Gasteiger charge is -1.99. The van der Waals surface area contributed by atoms with Gasteiger partial charge < -0.3 is 5.11 Å². The van der Waals surface area contributed by atoms with Crippen molar-refractivity contribution >= 4 is 17.6 Å². The van der Waals surface area contributed by atoms with Crippen LogP contribution >= 0.6 is 11.6 Å². The number of nitrogens with zero attached hydrogens (tertiary/aromatic N) is 1. The third kappa shape index (κ3) is 1.95. The van der Waals surface area contributed by atoms with E-state index in [2.05, 4.69) is 4.98 Å². The number of carboxylic acid groups (broad SMARTS) is 1. The highest BCUT2D eigenvalue weighted by Gasteiger charge is 2.05. The molecular weight excluding hydrogens is 178 g/mol. The number of hydrogen-bond donors (Lipinski definition) is 1. The lowest BCUT2D eigenvalue weighted by atomic mass is 10.2. The largest absolute Gasteiger partial charge is 0.478 e. The fourth-order valence-electron chi connectivity index (χ4n) is 0.856. The van der Waals surface area contributed by atoms with Crippen molar-refractivity contribution in [1.29, 1.82) is 0 Å². The molecule has 0 spiro atoms. The van der Waals surface area contributed by atoms with Gasteiger partial charge in [-0.1, -0.05) is 18.5 Å². The van der Waals surface area contributed by atoms with Gasteiger partial charge in [0.15, 0.2) is 0 Å². The number of rotatable bonds is 2. The van der Waals surface area contributed by atoms with Gasteiger partial charge in [0.1, 0.15) is 5.15 Å². The first-order chi connectivity index (χ1) is 5.63. The molecule has 3 nitrogen and oxygen atoms in total. The van der Waals surface area contributed by atoms with Crippen molar-refractivity contribution in [2.24, 2.45) is 0 Å². The molecule has 0 aliphatic heterocycles. The summed E-state index contributed by atoms with van der Waals surface area (Å²) in [5.41, 5.74) is 0.881. The van der Waals surface area contributed by atoms with Crippen LogP contribution in [0.5, 0.6) is 0 Å². The van der Waals surface area contributed by atoms with Gasteiger partial charge in [0.25, 0.3) is 0 Å². The van der Waals surface area contributed by atoms with Gasteiger partial charge >= 0.3 is 5.97 Å². The lowest BCUT2D eigenvalue weighted by molar-refractivity contribution is 0.0696. The van der Waals surface area contributed by atoms with Crippen LogP contribution in [0.25, 0.3) is 0 Å². The Labute approximate surface area is 75.0 Å². The maximum atomic E-state index is 10.5. The van der Waals surface area contributed by atoms with Crippen LogP contribution in [0.2, 0.25) is 5.15 Å². The summed E-state index contributed by atoms with van der Waals surface area (Å²) in [4.78, 5) is 14.5. The molecule has 0 saturated carbocycles. The van der Waals surface area contributed by atoms with Crippen LogP contribution in [0.3, 0.4) is 0 Å². The Hall–Kier alpha value is -1.09. The third-order valence-corrected chi connectivity index (χ3v) is 1.65. The van der Waals surface area contributed by atoms with E-state index in [1.54, 1.807) is 0 Å². The van der Waals surface area contributed by atoms with Crippen molar-refractivity contribution in [2.75, 3.05) is 0 Å². The molecule has 1 N–H and O–H groups in total. The molecule has 1 rings (SSSR count). The molecule has 12 heavy (non-hydrogen) atoms. The highest BCUT2D eigenvalue weighted by molar-refractivity contribution is 6.29. The standard InChI is InChI=1S/C8H8ClNO2/c1-2-6-3-5(8(11)12)4-7(9)10-6/h3-4H,2H2,1H3,(H,11,12). The molecule has 1 heterocycles. The molecule has 4 heteroatoms. The number of halogens is 1. The van der Waals surface area contributed by atoms with Crippen molar-refractivity contribution in [3.63, 3.8) is 0 Å². The minimum Gasteiger partial charge on any atom is -0.478 e. The monoisotopic (exact) mass is 185 g/mol. The average Bonchev–Trinajstić information content (AvgIpc) is 2.03. The first-order valence-corrected chi connectivity index (χ1v) is 3.91. The second-order valence-corrected chi connectivity index (χ2v) is 2.72. The van der Waals surface area contributed by atoms with E-state index in [9.17, 15) is 4.79 Å². The van der Waals surface area contributed by atoms with Crippen molar-refractivity contribution in [3.8, 4) is 0 Å². The number of aromatic nitrogens is 1. The predicted molar refractivity (Wildman–Crippen MR) is 45.6 cm³/mol. The lowest BCUT2D eigenvalue weighted by Crippen LogP contribution is -1.99. The topological polar surface area (TPSA) is 50.2 Å². The summed E-state index contributed by atoms with van der Waals surface area (Å²) in [6.45, 7) is 1.89. The Kier molecular flexibility index (Phi) is 2.65. The van der Waals surface area contributed by atoms with Crippen molar-refractivity contribution < 1.29 is 9.90 Å². The molecule has 1 aromatic rings. The first-order valence-electron chi connectivity index (χ1n) is 3.53. The van der Waals surface area contributed by atoms with Crippen LogP contribution in [-0.4, -0.2) is 16.1 Å². The smallest absolute Gasteiger partial charge is 0.335 e. The van der Waals surface area contributed by atoms with E-state index in [0.29, 0.717) is 12.1 Å². The second-order valence-electron chi connectivity index (χ2n) is 2.33. The Bertz CT molecular complexity index is 312. The fourth-order valence-corrected chi connectivity index (χ4v) is 1.08. The minimum atomic E-state index is -0.978. The minimum absolute atomic E-state index is 0.187. The zero-order valence-corrected chi connectivity index (χ0v) is 7.30. The zero-order chi connectivity index (χ0) is 9.14. The van der Waals surface area contributed by atoms with Gasteiger partial charge in [-0.3, -0.25) is 0 Å². The summed E-state index contributed by atoms with van der Waals surface area (Å²) in [5.74, 6) is -0.978. The second kappa shape index (κ2) is 3.54. The van der Waals surface area contributed by atoms with Gasteiger partial charge in [-0.15, -0.1) is 0 Å². The van der Waals surface area contributed by atoms with Gasteiger partial charge in [-0.25, -0.2) is 9.78 Å². The molecule has 0 aliphatic carbocycles. The maximum Gasteiger partial charge on any atom is 0.335 e. The van der Waals surface area contributed by atoms with Gasteiger partial charge in [0.05, 0.1) is 5.56 Å². The van der Waals surface area contributed by atoms with Crippen molar-refractivity contribution in [1.82, 2.24) is 4.98 Å². The van der Waals surface area contributed by atoms with E-state index >= 15 is 0 Å². The van der Waals surface area contributed by atoms with E-state index < -0.39 is 5.97 Å². The van der Waals surface area contributed by atoms with Crippen molar-refractivity contribution in [2.45, 2.75) is 13.3 Å². The molecular formula is C8H8ClNO2. The molecule has 64 valence electrons. The van der Waals surface area contributed by atoms with Gasteiger partial charge in [0, 0.05) is 5.69 Å². The number of carboxylic acids is 1. The van der Waals surface area contributed by atoms with Crippen molar-refractivity contribution in [3.05, 3.63) is 28.5 Å². The number of aryl methyl sites for hydroxylation is 1. The molecule has 0 amide bonds. The van der Waals surface area contributed by atoms with Crippen LogP contribution < -0.4 is 0 Å². The van der Waals surface area contributed by atoms with Crippen LogP contribution in [0, 0.1) is 0 Å². The van der Waals surface area contributed by atoms with E-state index in [1.807, 2.05) is 6.92 Å².